The van der Waals surface area contributed by atoms with Gasteiger partial charge in [-0.2, -0.15) is 0 Å². The van der Waals surface area contributed by atoms with Crippen molar-refractivity contribution in [1.82, 2.24) is 9.80 Å². The highest BCUT2D eigenvalue weighted by molar-refractivity contribution is 5.88. The van der Waals surface area contributed by atoms with E-state index in [-0.39, 0.29) is 5.82 Å². The van der Waals surface area contributed by atoms with Gasteiger partial charge in [-0.1, -0.05) is 91.2 Å². The molecule has 4 aromatic rings. The lowest BCUT2D eigenvalue weighted by atomic mass is 9.81. The Labute approximate surface area is 354 Å². The third-order valence-electron chi connectivity index (χ3n) is 13.1. The van der Waals surface area contributed by atoms with Gasteiger partial charge in [0, 0.05) is 56.0 Å². The Kier molecular flexibility index (Phi) is 13.0. The van der Waals surface area contributed by atoms with Crippen LogP contribution >= 0.6 is 0 Å². The summed E-state index contributed by atoms with van der Waals surface area (Å²) in [5.41, 5.74) is 11.7. The highest BCUT2D eigenvalue weighted by atomic mass is 19.1. The van der Waals surface area contributed by atoms with Gasteiger partial charge in [0.1, 0.15) is 30.5 Å². The molecule has 4 aromatic carbocycles. The van der Waals surface area contributed by atoms with Gasteiger partial charge in [-0.25, -0.2) is 4.39 Å². The Balaban J connectivity index is 0.000000182. The molecule has 0 aliphatic carbocycles. The number of hydrogen-bond acceptors (Lipinski definition) is 6. The van der Waals surface area contributed by atoms with Crippen LogP contribution in [-0.4, -0.2) is 71.2 Å². The summed E-state index contributed by atoms with van der Waals surface area (Å²) in [5.74, 6) is 0.0748. The van der Waals surface area contributed by atoms with Gasteiger partial charge in [-0.05, 0) is 111 Å². The van der Waals surface area contributed by atoms with Crippen molar-refractivity contribution in [1.29, 1.82) is 0 Å². The van der Waals surface area contributed by atoms with Gasteiger partial charge in [0.2, 0.25) is 0 Å². The van der Waals surface area contributed by atoms with E-state index in [1.165, 1.54) is 45.0 Å². The highest BCUT2D eigenvalue weighted by Crippen LogP contribution is 2.43. The summed E-state index contributed by atoms with van der Waals surface area (Å²) in [4.78, 5) is 28.0. The van der Waals surface area contributed by atoms with Crippen molar-refractivity contribution in [2.45, 2.75) is 86.4 Å². The Morgan fingerprint density at radius 1 is 0.633 bits per heavy atom. The lowest BCUT2D eigenvalue weighted by Crippen LogP contribution is -2.44. The topological polar surface area (TPSA) is 99.5 Å². The molecule has 0 atom stereocenters. The van der Waals surface area contributed by atoms with Crippen molar-refractivity contribution in [3.05, 3.63) is 141 Å². The summed E-state index contributed by atoms with van der Waals surface area (Å²) in [6.45, 7) is 15.2. The maximum absolute atomic E-state index is 13.9. The average molecular weight is 815 g/mol. The molecule has 0 aromatic heterocycles. The number of aliphatic carboxylic acids is 2. The van der Waals surface area contributed by atoms with Gasteiger partial charge in [-0.3, -0.25) is 9.59 Å². The zero-order valence-corrected chi connectivity index (χ0v) is 35.8. The second-order valence-corrected chi connectivity index (χ2v) is 17.5. The van der Waals surface area contributed by atoms with Gasteiger partial charge in [0.05, 0.1) is 10.8 Å². The standard InChI is InChI=1S/C27H33NO3.C24H26FNO3/c1-4-27(5-2,26(29)30)18-28-14-12-20(13-15-28)25-22-11-10-19(3)16-21(22)17-31-24-9-7-6-8-23(24)25;1-24(2,23(27)28)15-26-11-9-16(10-12-26)22-19-8-7-18(25)13-17(19)14-29-21-6-4-3-5-20(21)22/h6-11,16H,4-5,12-15,17-18H2,1-3H3,(H,29,30);3-8,13H,9-12,14-15H2,1-2H3,(H,27,28). The molecule has 0 unspecified atom stereocenters. The third-order valence-corrected chi connectivity index (χ3v) is 13.1. The number of aryl methyl sites for hydroxylation is 1. The Morgan fingerprint density at radius 2 is 1.10 bits per heavy atom. The quantitative estimate of drug-likeness (QED) is 0.181. The van der Waals surface area contributed by atoms with Crippen molar-refractivity contribution in [2.24, 2.45) is 10.8 Å². The number of piperidine rings is 2. The van der Waals surface area contributed by atoms with Crippen molar-refractivity contribution < 1.29 is 33.7 Å². The second kappa shape index (κ2) is 18.2. The van der Waals surface area contributed by atoms with Crippen LogP contribution in [0, 0.1) is 23.6 Å². The molecule has 4 heterocycles. The van der Waals surface area contributed by atoms with Gasteiger partial charge < -0.3 is 29.5 Å². The molecular formula is C51H59FN2O6. The molecule has 0 bridgehead atoms. The van der Waals surface area contributed by atoms with Gasteiger partial charge >= 0.3 is 11.9 Å². The number of likely N-dealkylation sites (tertiary alicyclic amines) is 2. The molecule has 0 amide bonds. The van der Waals surface area contributed by atoms with Crippen LogP contribution in [0.15, 0.2) is 96.1 Å². The minimum Gasteiger partial charge on any atom is -0.488 e. The maximum atomic E-state index is 13.9. The van der Waals surface area contributed by atoms with E-state index in [2.05, 4.69) is 59.2 Å². The minimum atomic E-state index is -0.771. The summed E-state index contributed by atoms with van der Waals surface area (Å²) in [6.07, 6.45) is 4.97. The number of carboxylic acids is 2. The monoisotopic (exact) mass is 814 g/mol. The zero-order chi connectivity index (χ0) is 42.6. The number of halogens is 1. The molecule has 2 fully saturated rings. The first-order valence-corrected chi connectivity index (χ1v) is 21.5. The first-order chi connectivity index (χ1) is 28.8. The predicted molar refractivity (Wildman–Crippen MR) is 235 cm³/mol. The maximum Gasteiger partial charge on any atom is 0.310 e. The van der Waals surface area contributed by atoms with E-state index in [9.17, 15) is 24.2 Å². The van der Waals surface area contributed by atoms with Gasteiger partial charge in [0.15, 0.2) is 0 Å². The van der Waals surface area contributed by atoms with Crippen LogP contribution in [0.3, 0.4) is 0 Å². The fourth-order valence-corrected chi connectivity index (χ4v) is 9.33. The average Bonchev–Trinajstić information content (AvgIpc) is 3.51. The smallest absolute Gasteiger partial charge is 0.310 e. The Morgan fingerprint density at radius 3 is 1.58 bits per heavy atom. The molecule has 0 spiro atoms. The van der Waals surface area contributed by atoms with Crippen LogP contribution in [0.2, 0.25) is 0 Å². The number of benzene rings is 4. The van der Waals surface area contributed by atoms with Crippen molar-refractivity contribution >= 4 is 23.1 Å². The molecule has 0 radical (unpaired) electrons. The van der Waals surface area contributed by atoms with E-state index in [1.54, 1.807) is 19.9 Å². The largest absolute Gasteiger partial charge is 0.488 e. The molecule has 316 valence electrons. The van der Waals surface area contributed by atoms with E-state index in [1.807, 2.05) is 44.2 Å². The van der Waals surface area contributed by atoms with Crippen LogP contribution in [0.4, 0.5) is 4.39 Å². The lowest BCUT2D eigenvalue weighted by molar-refractivity contribution is -0.151. The number of carbonyl (C=O) groups is 2. The Hall–Kier alpha value is -5.25. The number of hydrogen-bond donors (Lipinski definition) is 2. The van der Waals surface area contributed by atoms with Gasteiger partial charge in [0.25, 0.3) is 0 Å². The van der Waals surface area contributed by atoms with Crippen LogP contribution in [0.25, 0.3) is 11.1 Å². The SMILES string of the molecule is CC(C)(CN1CCC(=C2c3ccc(F)cc3COc3ccccc32)CC1)C(=O)O.CCC(CC)(CN1CCC(=C2c3ccc(C)cc3COc3ccccc32)CC1)C(=O)O. The molecule has 2 saturated heterocycles. The number of ether oxygens (including phenoxy) is 2. The molecule has 2 N–H and O–H groups in total. The molecule has 8 rings (SSSR count). The number of fused-ring (bicyclic) bond motifs is 4. The summed E-state index contributed by atoms with van der Waals surface area (Å²) in [6, 6.07) is 27.9. The number of nitrogens with zero attached hydrogens (tertiary/aromatic N) is 2. The molecule has 4 aliphatic rings. The van der Waals surface area contributed by atoms with Crippen molar-refractivity contribution in [3.8, 4) is 11.5 Å². The first kappa shape index (κ1) is 42.9. The van der Waals surface area contributed by atoms with E-state index in [4.69, 9.17) is 9.47 Å². The fraction of sp³-hybridized carbons (Fsp3) is 0.412. The molecule has 0 saturated carbocycles. The van der Waals surface area contributed by atoms with Crippen molar-refractivity contribution in [2.75, 3.05) is 39.3 Å². The normalized spacial score (nSPS) is 17.0. The lowest BCUT2D eigenvalue weighted by Gasteiger charge is -2.37. The van der Waals surface area contributed by atoms with Crippen LogP contribution < -0.4 is 9.47 Å². The molecule has 8 nitrogen and oxygen atoms in total. The second-order valence-electron chi connectivity index (χ2n) is 17.5. The van der Waals surface area contributed by atoms with E-state index in [0.717, 1.165) is 85.6 Å². The number of rotatable bonds is 8. The molecule has 60 heavy (non-hydrogen) atoms. The number of para-hydroxylation sites is 2. The van der Waals surface area contributed by atoms with Crippen molar-refractivity contribution in [3.63, 3.8) is 0 Å². The van der Waals surface area contributed by atoms with Crippen LogP contribution in [-0.2, 0) is 22.8 Å². The highest BCUT2D eigenvalue weighted by Gasteiger charge is 2.38. The summed E-state index contributed by atoms with van der Waals surface area (Å²) in [7, 11) is 0. The molecule has 9 heteroatoms. The Bertz CT molecular complexity index is 2290. The molecule has 4 aliphatic heterocycles. The fourth-order valence-electron chi connectivity index (χ4n) is 9.33. The predicted octanol–water partition coefficient (Wildman–Crippen LogP) is 10.4. The van der Waals surface area contributed by atoms with E-state index < -0.39 is 22.8 Å². The first-order valence-electron chi connectivity index (χ1n) is 21.5. The van der Waals surface area contributed by atoms with Gasteiger partial charge in [-0.15, -0.1) is 0 Å². The summed E-state index contributed by atoms with van der Waals surface area (Å²) < 4.78 is 26.0. The number of carboxylic acid groups (broad SMARTS) is 2. The summed E-state index contributed by atoms with van der Waals surface area (Å²) >= 11 is 0. The molecular weight excluding hydrogens is 756 g/mol. The van der Waals surface area contributed by atoms with E-state index >= 15 is 0 Å². The van der Waals surface area contributed by atoms with Crippen LogP contribution in [0.5, 0.6) is 11.5 Å². The minimum absolute atomic E-state index is 0.256. The third kappa shape index (κ3) is 9.08. The zero-order valence-electron chi connectivity index (χ0n) is 35.8. The van der Waals surface area contributed by atoms with Crippen LogP contribution in [0.1, 0.15) is 105 Å². The van der Waals surface area contributed by atoms with E-state index in [0.29, 0.717) is 39.1 Å². The summed E-state index contributed by atoms with van der Waals surface area (Å²) in [5, 5.41) is 19.3.